The summed E-state index contributed by atoms with van der Waals surface area (Å²) in [5, 5.41) is 19.9. The lowest BCUT2D eigenvalue weighted by molar-refractivity contribution is -0.0328. The first-order valence-electron chi connectivity index (χ1n) is 14.4. The van der Waals surface area contributed by atoms with Crippen molar-refractivity contribution in [2.75, 3.05) is 56.6 Å². The molecule has 42 heavy (non-hydrogen) atoms. The molecule has 4 fully saturated rings. The molecule has 2 N–H and O–H groups in total. The number of rotatable bonds is 5. The lowest BCUT2D eigenvalue weighted by atomic mass is 9.84. The largest absolute Gasteiger partial charge is 0.385 e. The Morgan fingerprint density at radius 1 is 1.05 bits per heavy atom. The first kappa shape index (κ1) is 27.2. The molecule has 4 aliphatic rings. The molecule has 8 rings (SSSR count). The Morgan fingerprint density at radius 2 is 1.81 bits per heavy atom. The van der Waals surface area contributed by atoms with E-state index in [0.29, 0.717) is 55.6 Å². The number of pyridine rings is 1. The minimum Gasteiger partial charge on any atom is -0.385 e. The minimum absolute atomic E-state index is 0.0372. The maximum Gasteiger partial charge on any atom is 0.254 e. The van der Waals surface area contributed by atoms with E-state index in [9.17, 15) is 9.90 Å². The smallest absolute Gasteiger partial charge is 0.254 e. The van der Waals surface area contributed by atoms with Gasteiger partial charge < -0.3 is 29.9 Å². The molecule has 4 aromatic rings. The zero-order valence-electron chi connectivity index (χ0n) is 23.5. The molecule has 0 radical (unpaired) electrons. The number of carbonyl (C=O) groups is 1. The summed E-state index contributed by atoms with van der Waals surface area (Å²) in [4.78, 5) is 24.6. The number of carbonyl (C=O) groups excluding carboxylic acids is 1. The normalized spacial score (nSPS) is 22.4. The monoisotopic (exact) mass is 587 g/mol. The summed E-state index contributed by atoms with van der Waals surface area (Å²) in [6, 6.07) is 19.0. The molecule has 0 spiro atoms. The summed E-state index contributed by atoms with van der Waals surface area (Å²) in [6.45, 7) is 4.25. The average molecular weight is 588 g/mol. The highest BCUT2D eigenvalue weighted by molar-refractivity contribution is 6.30. The second kappa shape index (κ2) is 10.9. The molecule has 4 aliphatic heterocycles. The third-order valence-corrected chi connectivity index (χ3v) is 8.96. The van der Waals surface area contributed by atoms with Crippen LogP contribution in [0.2, 0.25) is 5.02 Å². The van der Waals surface area contributed by atoms with Crippen LogP contribution in [0.1, 0.15) is 28.8 Å². The second-order valence-corrected chi connectivity index (χ2v) is 12.0. The number of likely N-dealkylation sites (N-methyl/N-ethyl adjacent to an activating group) is 1. The average Bonchev–Trinajstić information content (AvgIpc) is 3.23. The number of anilines is 3. The van der Waals surface area contributed by atoms with E-state index >= 15 is 0 Å². The van der Waals surface area contributed by atoms with Crippen LogP contribution < -0.4 is 10.2 Å². The number of aliphatic hydroxyl groups is 1. The molecule has 2 bridgehead atoms. The number of ether oxygens (including phenoxy) is 1. The molecule has 11 heteroatoms. The fraction of sp³-hybridized carbons (Fsp3) is 0.387. The Morgan fingerprint density at radius 3 is 2.57 bits per heavy atom. The van der Waals surface area contributed by atoms with E-state index in [-0.39, 0.29) is 18.1 Å². The Bertz CT molecular complexity index is 1580. The van der Waals surface area contributed by atoms with E-state index in [0.717, 1.165) is 35.7 Å². The first-order chi connectivity index (χ1) is 20.3. The van der Waals surface area contributed by atoms with E-state index in [1.165, 1.54) is 0 Å². The minimum atomic E-state index is -0.878. The van der Waals surface area contributed by atoms with Gasteiger partial charge in [0.1, 0.15) is 0 Å². The van der Waals surface area contributed by atoms with Crippen molar-refractivity contribution in [3.05, 3.63) is 83.0 Å². The maximum atomic E-state index is 13.3. The van der Waals surface area contributed by atoms with Crippen molar-refractivity contribution in [3.63, 3.8) is 0 Å². The molecule has 1 amide bonds. The molecule has 0 saturated carbocycles. The Kier molecular flexibility index (Phi) is 7.02. The van der Waals surface area contributed by atoms with Crippen LogP contribution in [-0.2, 0) is 10.3 Å². The molecule has 2 atom stereocenters. The number of hydrogen-bond acceptors (Lipinski definition) is 8. The Balaban J connectivity index is 1.04. The highest BCUT2D eigenvalue weighted by atomic mass is 35.5. The molecule has 2 aromatic carbocycles. The SMILES string of the molecule is CN1CC2CN(C(=O)c3ccc(Nc4nc5c(N6CCC(O)(c7ccc(Cl)cc7)CC6)cccn5n4)cc3)C(CO2)C1. The van der Waals surface area contributed by atoms with Crippen molar-refractivity contribution in [1.29, 1.82) is 0 Å². The lowest BCUT2D eigenvalue weighted by Crippen LogP contribution is -2.52. The highest BCUT2D eigenvalue weighted by Gasteiger charge is 2.37. The maximum absolute atomic E-state index is 13.3. The lowest BCUT2D eigenvalue weighted by Gasteiger charge is -2.39. The van der Waals surface area contributed by atoms with Crippen molar-refractivity contribution in [2.24, 2.45) is 0 Å². The van der Waals surface area contributed by atoms with Crippen LogP contribution in [0, 0.1) is 0 Å². The van der Waals surface area contributed by atoms with Gasteiger partial charge in [-0.3, -0.25) is 4.79 Å². The van der Waals surface area contributed by atoms with Gasteiger partial charge in [-0.1, -0.05) is 23.7 Å². The van der Waals surface area contributed by atoms with Crippen molar-refractivity contribution < 1.29 is 14.6 Å². The molecule has 10 nitrogen and oxygen atoms in total. The number of morpholine rings is 1. The number of halogens is 1. The molecular formula is C31H34ClN7O3. The number of amides is 1. The van der Waals surface area contributed by atoms with Gasteiger partial charge in [0.05, 0.1) is 30.0 Å². The molecule has 0 aliphatic carbocycles. The number of nitrogens with zero attached hydrogens (tertiary/aromatic N) is 6. The van der Waals surface area contributed by atoms with Crippen LogP contribution in [0.4, 0.5) is 17.3 Å². The quantitative estimate of drug-likeness (QED) is 0.364. The number of hydrogen-bond donors (Lipinski definition) is 2. The number of fused-ring (bicyclic) bond motifs is 5. The third kappa shape index (κ3) is 5.20. The zero-order valence-corrected chi connectivity index (χ0v) is 24.2. The van der Waals surface area contributed by atoms with Gasteiger partial charge >= 0.3 is 0 Å². The van der Waals surface area contributed by atoms with Crippen molar-refractivity contribution in [3.8, 4) is 0 Å². The van der Waals surface area contributed by atoms with Gasteiger partial charge in [-0.15, -0.1) is 5.10 Å². The Hall–Kier alpha value is -3.70. The summed E-state index contributed by atoms with van der Waals surface area (Å²) in [7, 11) is 2.08. The Labute approximate surface area is 249 Å². The predicted molar refractivity (Wildman–Crippen MR) is 162 cm³/mol. The molecular weight excluding hydrogens is 554 g/mol. The van der Waals surface area contributed by atoms with Gasteiger partial charge in [0, 0.05) is 55.2 Å². The fourth-order valence-electron chi connectivity index (χ4n) is 6.40. The van der Waals surface area contributed by atoms with Gasteiger partial charge in [-0.2, -0.15) is 4.98 Å². The molecule has 218 valence electrons. The second-order valence-electron chi connectivity index (χ2n) is 11.6. The summed E-state index contributed by atoms with van der Waals surface area (Å²) in [5.41, 5.74) is 3.19. The number of piperidine rings is 1. The van der Waals surface area contributed by atoms with E-state index in [1.54, 1.807) is 4.52 Å². The number of nitrogens with one attached hydrogen (secondary N) is 1. The van der Waals surface area contributed by atoms with Crippen LogP contribution in [0.5, 0.6) is 0 Å². The summed E-state index contributed by atoms with van der Waals surface area (Å²) in [6.07, 6.45) is 3.14. The van der Waals surface area contributed by atoms with Gasteiger partial charge in [0.15, 0.2) is 5.65 Å². The van der Waals surface area contributed by atoms with Crippen LogP contribution in [-0.4, -0.2) is 93.9 Å². The summed E-state index contributed by atoms with van der Waals surface area (Å²) < 4.78 is 7.66. The van der Waals surface area contributed by atoms with Gasteiger partial charge in [0.25, 0.3) is 5.91 Å². The number of benzene rings is 2. The van der Waals surface area contributed by atoms with Crippen molar-refractivity contribution >= 4 is 40.5 Å². The van der Waals surface area contributed by atoms with Gasteiger partial charge in [0.2, 0.25) is 5.95 Å². The van der Waals surface area contributed by atoms with Gasteiger partial charge in [-0.05, 0) is 74.0 Å². The molecule has 2 aromatic heterocycles. The number of aromatic nitrogens is 3. The van der Waals surface area contributed by atoms with E-state index in [4.69, 9.17) is 21.3 Å². The summed E-state index contributed by atoms with van der Waals surface area (Å²) in [5.74, 6) is 0.511. The van der Waals surface area contributed by atoms with Crippen LogP contribution >= 0.6 is 11.6 Å². The predicted octanol–water partition coefficient (Wildman–Crippen LogP) is 3.77. The van der Waals surface area contributed by atoms with Crippen LogP contribution in [0.25, 0.3) is 5.65 Å². The van der Waals surface area contributed by atoms with Gasteiger partial charge in [-0.25, -0.2) is 4.52 Å². The first-order valence-corrected chi connectivity index (χ1v) is 14.8. The van der Waals surface area contributed by atoms with Crippen molar-refractivity contribution in [1.82, 2.24) is 24.4 Å². The molecule has 4 saturated heterocycles. The zero-order chi connectivity index (χ0) is 28.8. The van der Waals surface area contributed by atoms with Crippen LogP contribution in [0.15, 0.2) is 66.9 Å². The standard InChI is InChI=1S/C31H34ClN7O3/c1-36-17-25-20-42-26(18-36)19-38(25)29(40)21-4-10-24(11-5-21)33-30-34-28-27(3-2-14-39(28)35-30)37-15-12-31(41,13-16-37)22-6-8-23(32)9-7-22/h2-11,14,25-26,41H,12-13,15-20H2,1H3,(H,33,35). The van der Waals surface area contributed by atoms with Crippen molar-refractivity contribution in [2.45, 2.75) is 30.6 Å². The fourth-order valence-corrected chi connectivity index (χ4v) is 6.53. The molecule has 2 unspecified atom stereocenters. The topological polar surface area (TPSA) is 98.5 Å². The van der Waals surface area contributed by atoms with Crippen LogP contribution in [0.3, 0.4) is 0 Å². The van der Waals surface area contributed by atoms with E-state index in [1.807, 2.05) is 71.8 Å². The van der Waals surface area contributed by atoms with E-state index < -0.39 is 5.60 Å². The molecule has 6 heterocycles. The van der Waals surface area contributed by atoms with E-state index in [2.05, 4.69) is 27.3 Å². The highest BCUT2D eigenvalue weighted by Crippen LogP contribution is 2.36. The third-order valence-electron chi connectivity index (χ3n) is 8.71. The summed E-state index contributed by atoms with van der Waals surface area (Å²) >= 11 is 6.05.